The first kappa shape index (κ1) is 13.8. The summed E-state index contributed by atoms with van der Waals surface area (Å²) in [5.74, 6) is 1.88. The van der Waals surface area contributed by atoms with Crippen LogP contribution < -0.4 is 10.2 Å². The molecule has 1 saturated heterocycles. The number of ether oxygens (including phenoxy) is 1. The van der Waals surface area contributed by atoms with E-state index in [4.69, 9.17) is 16.3 Å². The number of hydrogen-bond acceptors (Lipinski definition) is 6. The van der Waals surface area contributed by atoms with Gasteiger partial charge < -0.3 is 15.0 Å². The first-order valence-corrected chi connectivity index (χ1v) is 7.61. The number of rotatable bonds is 3. The molecule has 3 rings (SSSR count). The quantitative estimate of drug-likeness (QED) is 0.920. The third-order valence-electron chi connectivity index (χ3n) is 4.07. The van der Waals surface area contributed by atoms with Crippen molar-refractivity contribution in [3.63, 3.8) is 0 Å². The molecule has 1 N–H and O–H groups in total. The average molecular weight is 298 g/mol. The Balaban J connectivity index is 1.75. The Hall–Kier alpha value is -1.14. The van der Waals surface area contributed by atoms with Crippen molar-refractivity contribution >= 4 is 23.5 Å². The third-order valence-corrected chi connectivity index (χ3v) is 4.24. The van der Waals surface area contributed by atoms with E-state index in [0.717, 1.165) is 19.5 Å². The van der Waals surface area contributed by atoms with E-state index >= 15 is 0 Å². The highest BCUT2D eigenvalue weighted by Gasteiger charge is 2.24. The standard InChI is InChI=1S/C13H20ClN5O/c1-9-3-2-4-10(9)15-12-16-11(14)17-13(18-12)19-5-7-20-8-6-19/h9-10H,2-8H2,1H3,(H,15,16,17,18). The molecule has 2 atom stereocenters. The minimum Gasteiger partial charge on any atom is -0.378 e. The van der Waals surface area contributed by atoms with Crippen molar-refractivity contribution in [1.82, 2.24) is 15.0 Å². The highest BCUT2D eigenvalue weighted by molar-refractivity contribution is 6.28. The van der Waals surface area contributed by atoms with Gasteiger partial charge in [-0.3, -0.25) is 0 Å². The van der Waals surface area contributed by atoms with Gasteiger partial charge in [-0.25, -0.2) is 0 Å². The number of nitrogens with zero attached hydrogens (tertiary/aromatic N) is 4. The first-order valence-electron chi connectivity index (χ1n) is 7.23. The largest absolute Gasteiger partial charge is 0.378 e. The molecule has 0 bridgehead atoms. The number of aromatic nitrogens is 3. The zero-order valence-corrected chi connectivity index (χ0v) is 12.4. The number of halogens is 1. The third kappa shape index (κ3) is 3.12. The minimum atomic E-state index is 0.245. The van der Waals surface area contributed by atoms with Gasteiger partial charge in [0.1, 0.15) is 0 Å². The number of nitrogens with one attached hydrogen (secondary N) is 1. The Labute approximate surface area is 123 Å². The maximum Gasteiger partial charge on any atom is 0.231 e. The monoisotopic (exact) mass is 297 g/mol. The van der Waals surface area contributed by atoms with Crippen molar-refractivity contribution in [2.75, 3.05) is 36.5 Å². The minimum absolute atomic E-state index is 0.245. The Bertz CT molecular complexity index is 466. The molecule has 0 amide bonds. The van der Waals surface area contributed by atoms with E-state index in [1.807, 2.05) is 0 Å². The summed E-state index contributed by atoms with van der Waals surface area (Å²) < 4.78 is 5.34. The van der Waals surface area contributed by atoms with Gasteiger partial charge in [0.15, 0.2) is 0 Å². The van der Waals surface area contributed by atoms with Crippen LogP contribution in [0.2, 0.25) is 5.28 Å². The molecule has 0 spiro atoms. The van der Waals surface area contributed by atoms with Crippen LogP contribution in [-0.4, -0.2) is 47.3 Å². The maximum atomic E-state index is 6.03. The smallest absolute Gasteiger partial charge is 0.231 e. The Kier molecular flexibility index (Phi) is 4.21. The van der Waals surface area contributed by atoms with Gasteiger partial charge in [0.05, 0.1) is 13.2 Å². The molecule has 7 heteroatoms. The van der Waals surface area contributed by atoms with E-state index < -0.39 is 0 Å². The van der Waals surface area contributed by atoms with Crippen LogP contribution in [0.1, 0.15) is 26.2 Å². The highest BCUT2D eigenvalue weighted by atomic mass is 35.5. The van der Waals surface area contributed by atoms with Crippen molar-refractivity contribution in [2.24, 2.45) is 5.92 Å². The molecule has 2 heterocycles. The Morgan fingerprint density at radius 1 is 1.20 bits per heavy atom. The second-order valence-electron chi connectivity index (χ2n) is 5.49. The van der Waals surface area contributed by atoms with Crippen LogP contribution in [0.5, 0.6) is 0 Å². The van der Waals surface area contributed by atoms with Crippen LogP contribution in [0.15, 0.2) is 0 Å². The van der Waals surface area contributed by atoms with Gasteiger partial charge in [-0.05, 0) is 30.4 Å². The second kappa shape index (κ2) is 6.10. The van der Waals surface area contributed by atoms with Crippen LogP contribution >= 0.6 is 11.6 Å². The van der Waals surface area contributed by atoms with Crippen LogP contribution in [0, 0.1) is 5.92 Å². The topological polar surface area (TPSA) is 63.2 Å². The maximum absolute atomic E-state index is 6.03. The second-order valence-corrected chi connectivity index (χ2v) is 5.82. The summed E-state index contributed by atoms with van der Waals surface area (Å²) in [5, 5.41) is 3.65. The van der Waals surface area contributed by atoms with Crippen molar-refractivity contribution in [1.29, 1.82) is 0 Å². The zero-order valence-electron chi connectivity index (χ0n) is 11.7. The summed E-state index contributed by atoms with van der Waals surface area (Å²) in [6.07, 6.45) is 3.68. The van der Waals surface area contributed by atoms with E-state index in [2.05, 4.69) is 32.1 Å². The normalized spacial score (nSPS) is 26.8. The van der Waals surface area contributed by atoms with Crippen LogP contribution in [0.4, 0.5) is 11.9 Å². The lowest BCUT2D eigenvalue weighted by molar-refractivity contribution is 0.122. The van der Waals surface area contributed by atoms with E-state index in [0.29, 0.717) is 37.1 Å². The van der Waals surface area contributed by atoms with Gasteiger partial charge in [-0.15, -0.1) is 0 Å². The molecule has 0 radical (unpaired) electrons. The SMILES string of the molecule is CC1CCCC1Nc1nc(Cl)nc(N2CCOCC2)n1. The molecule has 2 aliphatic rings. The molecular formula is C13H20ClN5O. The first-order chi connectivity index (χ1) is 9.72. The van der Waals surface area contributed by atoms with Crippen molar-refractivity contribution < 1.29 is 4.74 Å². The fraction of sp³-hybridized carbons (Fsp3) is 0.769. The van der Waals surface area contributed by atoms with Gasteiger partial charge in [0, 0.05) is 19.1 Å². The number of hydrogen-bond donors (Lipinski definition) is 1. The zero-order chi connectivity index (χ0) is 13.9. The summed E-state index contributed by atoms with van der Waals surface area (Å²) >= 11 is 6.03. The number of morpholine rings is 1. The summed E-state index contributed by atoms with van der Waals surface area (Å²) in [6.45, 7) is 5.24. The predicted octanol–water partition coefficient (Wildman–Crippen LogP) is 1.96. The highest BCUT2D eigenvalue weighted by Crippen LogP contribution is 2.27. The predicted molar refractivity (Wildman–Crippen MR) is 78.3 cm³/mol. The lowest BCUT2D eigenvalue weighted by Crippen LogP contribution is -2.37. The van der Waals surface area contributed by atoms with Gasteiger partial charge in [-0.1, -0.05) is 13.3 Å². The van der Waals surface area contributed by atoms with E-state index in [1.54, 1.807) is 0 Å². The van der Waals surface area contributed by atoms with Crippen LogP contribution in [0.25, 0.3) is 0 Å². The Morgan fingerprint density at radius 2 is 2.00 bits per heavy atom. The van der Waals surface area contributed by atoms with Crippen molar-refractivity contribution in [3.8, 4) is 0 Å². The molecule has 1 aliphatic carbocycles. The van der Waals surface area contributed by atoms with E-state index in [-0.39, 0.29) is 5.28 Å². The summed E-state index contributed by atoms with van der Waals surface area (Å²) in [7, 11) is 0. The molecule has 1 aromatic rings. The molecule has 1 aliphatic heterocycles. The molecule has 1 saturated carbocycles. The molecule has 1 aromatic heterocycles. The van der Waals surface area contributed by atoms with Gasteiger partial charge in [0.2, 0.25) is 17.2 Å². The molecule has 2 fully saturated rings. The molecule has 110 valence electrons. The summed E-state index contributed by atoms with van der Waals surface area (Å²) in [4.78, 5) is 15.0. The van der Waals surface area contributed by atoms with E-state index in [1.165, 1.54) is 12.8 Å². The molecule has 20 heavy (non-hydrogen) atoms. The lowest BCUT2D eigenvalue weighted by Gasteiger charge is -2.27. The Morgan fingerprint density at radius 3 is 2.70 bits per heavy atom. The molecular weight excluding hydrogens is 278 g/mol. The van der Waals surface area contributed by atoms with Gasteiger partial charge in [-0.2, -0.15) is 15.0 Å². The van der Waals surface area contributed by atoms with Crippen LogP contribution in [0.3, 0.4) is 0 Å². The van der Waals surface area contributed by atoms with Crippen molar-refractivity contribution in [2.45, 2.75) is 32.2 Å². The molecule has 0 aromatic carbocycles. The molecule has 6 nitrogen and oxygen atoms in total. The fourth-order valence-electron chi connectivity index (χ4n) is 2.83. The summed E-state index contributed by atoms with van der Waals surface area (Å²) in [5.41, 5.74) is 0. The lowest BCUT2D eigenvalue weighted by atomic mass is 10.1. The van der Waals surface area contributed by atoms with Crippen LogP contribution in [-0.2, 0) is 4.74 Å². The fourth-order valence-corrected chi connectivity index (χ4v) is 2.99. The van der Waals surface area contributed by atoms with Crippen molar-refractivity contribution in [3.05, 3.63) is 5.28 Å². The van der Waals surface area contributed by atoms with E-state index in [9.17, 15) is 0 Å². The van der Waals surface area contributed by atoms with Gasteiger partial charge in [0.25, 0.3) is 0 Å². The molecule has 2 unspecified atom stereocenters. The summed E-state index contributed by atoms with van der Waals surface area (Å²) in [6, 6.07) is 0.436. The number of anilines is 2. The van der Waals surface area contributed by atoms with Gasteiger partial charge >= 0.3 is 0 Å². The average Bonchev–Trinajstić information content (AvgIpc) is 2.85.